The summed E-state index contributed by atoms with van der Waals surface area (Å²) in [6.45, 7) is 8.71. The predicted octanol–water partition coefficient (Wildman–Crippen LogP) is 0.985. The molecule has 96 valence electrons. The van der Waals surface area contributed by atoms with Crippen LogP contribution in [-0.4, -0.2) is 52.1 Å². The maximum Gasteiger partial charge on any atom is 0.410 e. The smallest absolute Gasteiger partial charge is 0.410 e. The van der Waals surface area contributed by atoms with Crippen molar-refractivity contribution < 1.29 is 19.7 Å². The lowest BCUT2D eigenvalue weighted by atomic mass is 10.2. The second-order valence-electron chi connectivity index (χ2n) is 5.06. The van der Waals surface area contributed by atoms with Gasteiger partial charge in [-0.15, -0.1) is 0 Å². The maximum atomic E-state index is 11.8. The Bertz CT molecular complexity index is 223. The third-order valence-electron chi connectivity index (χ3n) is 1.87. The van der Waals surface area contributed by atoms with E-state index >= 15 is 0 Å². The minimum atomic E-state index is -0.935. The van der Waals surface area contributed by atoms with Crippen LogP contribution in [0, 0.1) is 0 Å². The highest BCUT2D eigenvalue weighted by atomic mass is 16.6. The molecular weight excluding hydrogens is 210 g/mol. The number of carbonyl (C=O) groups is 1. The van der Waals surface area contributed by atoms with E-state index in [1.165, 1.54) is 4.90 Å². The summed E-state index contributed by atoms with van der Waals surface area (Å²) in [6.07, 6.45) is -1.41. The molecule has 0 aromatic rings. The molecule has 16 heavy (non-hydrogen) atoms. The summed E-state index contributed by atoms with van der Waals surface area (Å²) in [4.78, 5) is 13.2. The summed E-state index contributed by atoms with van der Waals surface area (Å²) in [5, 5.41) is 18.1. The van der Waals surface area contributed by atoms with E-state index in [4.69, 9.17) is 9.84 Å². The van der Waals surface area contributed by atoms with E-state index in [0.717, 1.165) is 0 Å². The Balaban J connectivity index is 4.48. The van der Waals surface area contributed by atoms with E-state index in [2.05, 4.69) is 0 Å². The average Bonchev–Trinajstić information content (AvgIpc) is 2.09. The third kappa shape index (κ3) is 5.92. The molecule has 0 aliphatic carbocycles. The lowest BCUT2D eigenvalue weighted by molar-refractivity contribution is 0.000139. The van der Waals surface area contributed by atoms with Gasteiger partial charge in [-0.1, -0.05) is 0 Å². The number of aliphatic hydroxyl groups is 2. The van der Waals surface area contributed by atoms with Crippen molar-refractivity contribution in [1.82, 2.24) is 4.90 Å². The van der Waals surface area contributed by atoms with Gasteiger partial charge in [0.15, 0.2) is 0 Å². The Morgan fingerprint density at radius 1 is 1.38 bits per heavy atom. The molecule has 0 aliphatic heterocycles. The van der Waals surface area contributed by atoms with E-state index in [0.29, 0.717) is 0 Å². The van der Waals surface area contributed by atoms with Gasteiger partial charge in [-0.2, -0.15) is 0 Å². The molecule has 0 spiro atoms. The number of rotatable bonds is 4. The lowest BCUT2D eigenvalue weighted by Gasteiger charge is -2.31. The summed E-state index contributed by atoms with van der Waals surface area (Å²) in [5.74, 6) is 0. The normalized spacial score (nSPS) is 13.8. The average molecular weight is 233 g/mol. The van der Waals surface area contributed by atoms with Crippen LogP contribution in [0.4, 0.5) is 4.79 Å². The number of aliphatic hydroxyl groups excluding tert-OH is 2. The Hall–Kier alpha value is -0.810. The monoisotopic (exact) mass is 233 g/mol. The third-order valence-corrected chi connectivity index (χ3v) is 1.87. The van der Waals surface area contributed by atoms with Crippen LogP contribution in [-0.2, 0) is 4.74 Å². The first-order valence-corrected chi connectivity index (χ1v) is 5.46. The Morgan fingerprint density at radius 3 is 2.19 bits per heavy atom. The number of hydrogen-bond donors (Lipinski definition) is 2. The van der Waals surface area contributed by atoms with E-state index in [1.807, 2.05) is 13.8 Å². The summed E-state index contributed by atoms with van der Waals surface area (Å²) in [6, 6.07) is -0.0870. The molecule has 0 aromatic carbocycles. The first kappa shape index (κ1) is 15.2. The molecule has 0 saturated carbocycles. The molecular formula is C11H23NO4. The van der Waals surface area contributed by atoms with Crippen molar-refractivity contribution in [1.29, 1.82) is 0 Å². The van der Waals surface area contributed by atoms with Crippen molar-refractivity contribution in [3.05, 3.63) is 0 Å². The minimum absolute atomic E-state index is 0.0725. The summed E-state index contributed by atoms with van der Waals surface area (Å²) in [7, 11) is 0. The van der Waals surface area contributed by atoms with Crippen LogP contribution in [0.1, 0.15) is 34.6 Å². The summed E-state index contributed by atoms with van der Waals surface area (Å²) < 4.78 is 5.20. The largest absolute Gasteiger partial charge is 0.444 e. The first-order chi connectivity index (χ1) is 7.17. The molecule has 0 aromatic heterocycles. The van der Waals surface area contributed by atoms with Crippen molar-refractivity contribution in [2.75, 3.05) is 13.2 Å². The van der Waals surface area contributed by atoms with Gasteiger partial charge in [0.25, 0.3) is 0 Å². The SMILES string of the molecule is CC(C)N(C[C@@H](O)CO)C(=O)OC(C)(C)C. The molecule has 0 fully saturated rings. The van der Waals surface area contributed by atoms with Crippen LogP contribution < -0.4 is 0 Å². The quantitative estimate of drug-likeness (QED) is 0.759. The minimum Gasteiger partial charge on any atom is -0.444 e. The summed E-state index contributed by atoms with van der Waals surface area (Å²) >= 11 is 0. The molecule has 1 atom stereocenters. The Labute approximate surface area is 97.0 Å². The van der Waals surface area contributed by atoms with Gasteiger partial charge in [0.05, 0.1) is 19.3 Å². The zero-order chi connectivity index (χ0) is 12.9. The van der Waals surface area contributed by atoms with E-state index in [9.17, 15) is 9.90 Å². The number of hydrogen-bond acceptors (Lipinski definition) is 4. The Morgan fingerprint density at radius 2 is 1.88 bits per heavy atom. The zero-order valence-electron chi connectivity index (χ0n) is 10.7. The maximum absolute atomic E-state index is 11.8. The number of amides is 1. The van der Waals surface area contributed by atoms with E-state index in [1.54, 1.807) is 20.8 Å². The van der Waals surface area contributed by atoms with Crippen LogP contribution in [0.2, 0.25) is 0 Å². The van der Waals surface area contributed by atoms with Crippen LogP contribution >= 0.6 is 0 Å². The van der Waals surface area contributed by atoms with Crippen molar-refractivity contribution in [3.8, 4) is 0 Å². The van der Waals surface area contributed by atoms with Crippen molar-refractivity contribution in [2.45, 2.75) is 52.4 Å². The van der Waals surface area contributed by atoms with E-state index in [-0.39, 0.29) is 19.2 Å². The van der Waals surface area contributed by atoms with Gasteiger partial charge >= 0.3 is 6.09 Å². The molecule has 0 rings (SSSR count). The molecule has 0 heterocycles. The van der Waals surface area contributed by atoms with Crippen LogP contribution in [0.15, 0.2) is 0 Å². The predicted molar refractivity (Wildman–Crippen MR) is 61.2 cm³/mol. The molecule has 5 nitrogen and oxygen atoms in total. The fourth-order valence-corrected chi connectivity index (χ4v) is 1.10. The standard InChI is InChI=1S/C11H23NO4/c1-8(2)12(6-9(14)7-13)10(15)16-11(3,4)5/h8-9,13-14H,6-7H2,1-5H3/t9-/m1/s1. The van der Waals surface area contributed by atoms with Crippen LogP contribution in [0.3, 0.4) is 0 Å². The number of ether oxygens (including phenoxy) is 1. The second kappa shape index (κ2) is 6.06. The van der Waals surface area contributed by atoms with Crippen molar-refractivity contribution >= 4 is 6.09 Å². The number of carbonyl (C=O) groups excluding carboxylic acids is 1. The zero-order valence-corrected chi connectivity index (χ0v) is 10.7. The first-order valence-electron chi connectivity index (χ1n) is 5.46. The number of nitrogens with zero attached hydrogens (tertiary/aromatic N) is 1. The van der Waals surface area contributed by atoms with Gasteiger partial charge in [0.2, 0.25) is 0 Å². The fourth-order valence-electron chi connectivity index (χ4n) is 1.10. The lowest BCUT2D eigenvalue weighted by Crippen LogP contribution is -2.45. The molecule has 0 unspecified atom stereocenters. The highest BCUT2D eigenvalue weighted by Gasteiger charge is 2.25. The van der Waals surface area contributed by atoms with Gasteiger partial charge in [-0.25, -0.2) is 4.79 Å². The Kier molecular flexibility index (Phi) is 5.75. The molecule has 2 N–H and O–H groups in total. The highest BCUT2D eigenvalue weighted by molar-refractivity contribution is 5.68. The van der Waals surface area contributed by atoms with Gasteiger partial charge in [0.1, 0.15) is 5.60 Å². The summed E-state index contributed by atoms with van der Waals surface area (Å²) in [5.41, 5.74) is -0.561. The molecule has 0 aliphatic rings. The molecule has 1 amide bonds. The van der Waals surface area contributed by atoms with Gasteiger partial charge < -0.3 is 19.8 Å². The molecule has 5 heteroatoms. The molecule has 0 saturated heterocycles. The topological polar surface area (TPSA) is 70.0 Å². The second-order valence-corrected chi connectivity index (χ2v) is 5.06. The van der Waals surface area contributed by atoms with Crippen LogP contribution in [0.5, 0.6) is 0 Å². The highest BCUT2D eigenvalue weighted by Crippen LogP contribution is 2.12. The van der Waals surface area contributed by atoms with Gasteiger partial charge in [0, 0.05) is 6.04 Å². The van der Waals surface area contributed by atoms with Crippen LogP contribution in [0.25, 0.3) is 0 Å². The van der Waals surface area contributed by atoms with Gasteiger partial charge in [-0.05, 0) is 34.6 Å². The van der Waals surface area contributed by atoms with Crippen molar-refractivity contribution in [2.24, 2.45) is 0 Å². The molecule has 0 bridgehead atoms. The van der Waals surface area contributed by atoms with Gasteiger partial charge in [-0.3, -0.25) is 0 Å². The fraction of sp³-hybridized carbons (Fsp3) is 0.909. The molecule has 0 radical (unpaired) electrons. The van der Waals surface area contributed by atoms with Crippen molar-refractivity contribution in [3.63, 3.8) is 0 Å². The van der Waals surface area contributed by atoms with E-state index < -0.39 is 17.8 Å².